The van der Waals surface area contributed by atoms with Gasteiger partial charge in [-0.2, -0.15) is 0 Å². The van der Waals surface area contributed by atoms with Crippen LogP contribution in [-0.4, -0.2) is 58.4 Å². The van der Waals surface area contributed by atoms with Crippen molar-refractivity contribution in [1.82, 2.24) is 10.2 Å². The van der Waals surface area contributed by atoms with Gasteiger partial charge in [0.25, 0.3) is 5.91 Å². The van der Waals surface area contributed by atoms with Crippen LogP contribution >= 0.6 is 24.0 Å². The maximum absolute atomic E-state index is 11.9. The summed E-state index contributed by atoms with van der Waals surface area (Å²) in [4.78, 5) is 47.5. The molecule has 2 rings (SSSR count). The number of ether oxygens (including phenoxy) is 1. The van der Waals surface area contributed by atoms with Crippen molar-refractivity contribution in [2.24, 2.45) is 0 Å². The maximum atomic E-state index is 11.9. The number of rotatable bonds is 7. The van der Waals surface area contributed by atoms with Gasteiger partial charge in [0.05, 0.1) is 11.3 Å². The fourth-order valence-corrected chi connectivity index (χ4v) is 3.18. The minimum Gasteiger partial charge on any atom is -0.452 e. The van der Waals surface area contributed by atoms with E-state index >= 15 is 0 Å². The van der Waals surface area contributed by atoms with Gasteiger partial charge in [-0.3, -0.25) is 19.3 Å². The van der Waals surface area contributed by atoms with Crippen LogP contribution in [0.25, 0.3) is 0 Å². The van der Waals surface area contributed by atoms with Gasteiger partial charge in [0.15, 0.2) is 6.61 Å². The fourth-order valence-electron chi connectivity index (χ4n) is 2.06. The van der Waals surface area contributed by atoms with Gasteiger partial charge in [-0.05, 0) is 24.3 Å². The number of anilines is 1. The van der Waals surface area contributed by atoms with E-state index in [-0.39, 0.29) is 30.5 Å². The summed E-state index contributed by atoms with van der Waals surface area (Å²) in [5.74, 6) is -1.10. The lowest BCUT2D eigenvalue weighted by molar-refractivity contribution is -0.126. The molecule has 0 bridgehead atoms. The van der Waals surface area contributed by atoms with Gasteiger partial charge in [-0.1, -0.05) is 24.0 Å². The first-order chi connectivity index (χ1) is 12.4. The molecule has 0 atom stereocenters. The number of hydrogen-bond acceptors (Lipinski definition) is 7. The number of benzene rings is 1. The Labute approximate surface area is 159 Å². The van der Waals surface area contributed by atoms with Crippen LogP contribution in [0.1, 0.15) is 17.3 Å². The third-order valence-corrected chi connectivity index (χ3v) is 4.71. The number of hydrogen-bond donors (Lipinski definition) is 2. The quantitative estimate of drug-likeness (QED) is 0.519. The summed E-state index contributed by atoms with van der Waals surface area (Å²) >= 11 is 6.32. The molecule has 2 N–H and O–H groups in total. The topological polar surface area (TPSA) is 105 Å². The van der Waals surface area contributed by atoms with Crippen LogP contribution < -0.4 is 10.6 Å². The average molecular weight is 395 g/mol. The second-order valence-corrected chi connectivity index (χ2v) is 6.89. The summed E-state index contributed by atoms with van der Waals surface area (Å²) in [5.41, 5.74) is 0.816. The first-order valence-electron chi connectivity index (χ1n) is 7.65. The maximum Gasteiger partial charge on any atom is 0.338 e. The van der Waals surface area contributed by atoms with Crippen LogP contribution in [0.3, 0.4) is 0 Å². The van der Waals surface area contributed by atoms with Gasteiger partial charge in [-0.25, -0.2) is 4.79 Å². The molecule has 10 heteroatoms. The molecule has 1 fully saturated rings. The van der Waals surface area contributed by atoms with E-state index < -0.39 is 18.5 Å². The standard InChI is InChI=1S/C16H17N3O5S2/c1-10(20)18-12-4-2-11(3-5-12)15(23)24-8-13(21)17-6-7-19-14(22)9-26-16(19)25/h2-5H,6-9H2,1H3,(H,17,21)(H,18,20). The van der Waals surface area contributed by atoms with Crippen LogP contribution in [0.2, 0.25) is 0 Å². The van der Waals surface area contributed by atoms with Crippen molar-refractivity contribution in [3.8, 4) is 0 Å². The zero-order chi connectivity index (χ0) is 19.1. The summed E-state index contributed by atoms with van der Waals surface area (Å²) < 4.78 is 5.43. The number of thiocarbonyl (C=S) groups is 1. The van der Waals surface area contributed by atoms with Gasteiger partial charge < -0.3 is 15.4 Å². The molecule has 0 radical (unpaired) electrons. The average Bonchev–Trinajstić information content (AvgIpc) is 2.91. The first-order valence-corrected chi connectivity index (χ1v) is 9.05. The molecular weight excluding hydrogens is 378 g/mol. The van der Waals surface area contributed by atoms with Crippen molar-refractivity contribution < 1.29 is 23.9 Å². The van der Waals surface area contributed by atoms with Crippen molar-refractivity contribution in [1.29, 1.82) is 0 Å². The van der Waals surface area contributed by atoms with E-state index in [1.807, 2.05) is 0 Å². The molecular formula is C16H17N3O5S2. The monoisotopic (exact) mass is 395 g/mol. The van der Waals surface area contributed by atoms with E-state index in [4.69, 9.17) is 17.0 Å². The molecule has 1 aliphatic heterocycles. The molecule has 138 valence electrons. The summed E-state index contributed by atoms with van der Waals surface area (Å²) in [6, 6.07) is 6.10. The SMILES string of the molecule is CC(=O)Nc1ccc(C(=O)OCC(=O)NCCN2C(=O)CSC2=S)cc1. The van der Waals surface area contributed by atoms with Crippen molar-refractivity contribution in [3.63, 3.8) is 0 Å². The van der Waals surface area contributed by atoms with Crippen molar-refractivity contribution >= 4 is 57.7 Å². The number of thioether (sulfide) groups is 1. The van der Waals surface area contributed by atoms with E-state index in [9.17, 15) is 19.2 Å². The normalized spacial score (nSPS) is 13.5. The summed E-state index contributed by atoms with van der Waals surface area (Å²) in [5, 5.41) is 5.14. The fraction of sp³-hybridized carbons (Fsp3) is 0.312. The van der Waals surface area contributed by atoms with Gasteiger partial charge in [0, 0.05) is 25.7 Å². The second-order valence-electron chi connectivity index (χ2n) is 5.28. The lowest BCUT2D eigenvalue weighted by atomic mass is 10.2. The third kappa shape index (κ3) is 5.81. The van der Waals surface area contributed by atoms with Gasteiger partial charge >= 0.3 is 5.97 Å². The molecule has 1 aliphatic rings. The van der Waals surface area contributed by atoms with Crippen LogP contribution in [0.15, 0.2) is 24.3 Å². The number of amides is 3. The molecule has 0 unspecified atom stereocenters. The van der Waals surface area contributed by atoms with Crippen LogP contribution in [-0.2, 0) is 19.1 Å². The highest BCUT2D eigenvalue weighted by molar-refractivity contribution is 8.23. The largest absolute Gasteiger partial charge is 0.452 e. The molecule has 3 amide bonds. The minimum atomic E-state index is -0.651. The number of carbonyl (C=O) groups excluding carboxylic acids is 4. The summed E-state index contributed by atoms with van der Waals surface area (Å²) in [6.45, 7) is 1.45. The molecule has 0 saturated carbocycles. The molecule has 0 aromatic heterocycles. The van der Waals surface area contributed by atoms with E-state index in [1.165, 1.54) is 35.7 Å². The highest BCUT2D eigenvalue weighted by Crippen LogP contribution is 2.18. The molecule has 0 aliphatic carbocycles. The number of esters is 1. The minimum absolute atomic E-state index is 0.0802. The van der Waals surface area contributed by atoms with Crippen molar-refractivity contribution in [3.05, 3.63) is 29.8 Å². The third-order valence-electron chi connectivity index (χ3n) is 3.27. The predicted molar refractivity (Wildman–Crippen MR) is 101 cm³/mol. The van der Waals surface area contributed by atoms with E-state index in [2.05, 4.69) is 10.6 Å². The summed E-state index contributed by atoms with van der Waals surface area (Å²) in [6.07, 6.45) is 0. The van der Waals surface area contributed by atoms with Crippen LogP contribution in [0, 0.1) is 0 Å². The van der Waals surface area contributed by atoms with Crippen LogP contribution in [0.5, 0.6) is 0 Å². The van der Waals surface area contributed by atoms with Gasteiger partial charge in [0.1, 0.15) is 4.32 Å². The van der Waals surface area contributed by atoms with Crippen LogP contribution in [0.4, 0.5) is 5.69 Å². The molecule has 1 saturated heterocycles. The van der Waals surface area contributed by atoms with Gasteiger partial charge in [-0.15, -0.1) is 0 Å². The number of nitrogens with zero attached hydrogens (tertiary/aromatic N) is 1. The Kier molecular flexibility index (Phi) is 7.10. The van der Waals surface area contributed by atoms with E-state index in [1.54, 1.807) is 12.1 Å². The lowest BCUT2D eigenvalue weighted by Gasteiger charge is -2.15. The second kappa shape index (κ2) is 9.30. The number of nitrogens with one attached hydrogen (secondary N) is 2. The smallest absolute Gasteiger partial charge is 0.338 e. The zero-order valence-electron chi connectivity index (χ0n) is 13.9. The van der Waals surface area contributed by atoms with E-state index in [0.29, 0.717) is 15.8 Å². The first kappa shape index (κ1) is 19.9. The molecule has 0 spiro atoms. The zero-order valence-corrected chi connectivity index (χ0v) is 15.6. The Morgan fingerprint density at radius 1 is 1.27 bits per heavy atom. The molecule has 1 aromatic carbocycles. The molecule has 1 heterocycles. The van der Waals surface area contributed by atoms with E-state index in [0.717, 1.165) is 0 Å². The molecule has 8 nitrogen and oxygen atoms in total. The Hall–Kier alpha value is -2.46. The van der Waals surface area contributed by atoms with Gasteiger partial charge in [0.2, 0.25) is 11.8 Å². The highest BCUT2D eigenvalue weighted by Gasteiger charge is 2.25. The predicted octanol–water partition coefficient (Wildman–Crippen LogP) is 0.778. The Morgan fingerprint density at radius 3 is 2.54 bits per heavy atom. The van der Waals surface area contributed by atoms with Crippen molar-refractivity contribution in [2.75, 3.05) is 30.8 Å². The lowest BCUT2D eigenvalue weighted by Crippen LogP contribution is -2.38. The Morgan fingerprint density at radius 2 is 1.96 bits per heavy atom. The molecule has 1 aromatic rings. The summed E-state index contributed by atoms with van der Waals surface area (Å²) in [7, 11) is 0. The highest BCUT2D eigenvalue weighted by atomic mass is 32.2. The molecule has 26 heavy (non-hydrogen) atoms. The Bertz CT molecular complexity index is 720. The number of carbonyl (C=O) groups is 4. The Balaban J connectivity index is 1.71. The van der Waals surface area contributed by atoms with Crippen molar-refractivity contribution in [2.45, 2.75) is 6.92 Å².